The normalized spacial score (nSPS) is 25.6. The van der Waals surface area contributed by atoms with Gasteiger partial charge in [0.05, 0.1) is 0 Å². The standard InChI is InChI=1S/C18H26F2/c1-3-5-14-7-10-16(11-8-14)17-12-9-15(6-4-2)13-18(17,19)20/h7-8,10-11,15,17H,3-6,9,12-13H2,1-2H3/t15-,17+/m1/s1. The lowest BCUT2D eigenvalue weighted by molar-refractivity contribution is -0.0735. The zero-order chi connectivity index (χ0) is 14.6. The molecule has 1 aliphatic carbocycles. The van der Waals surface area contributed by atoms with E-state index in [9.17, 15) is 8.78 Å². The van der Waals surface area contributed by atoms with Crippen LogP contribution in [0.3, 0.4) is 0 Å². The maximum atomic E-state index is 14.4. The molecule has 0 amide bonds. The quantitative estimate of drug-likeness (QED) is 0.624. The van der Waals surface area contributed by atoms with E-state index < -0.39 is 11.8 Å². The van der Waals surface area contributed by atoms with Crippen molar-refractivity contribution in [2.75, 3.05) is 0 Å². The summed E-state index contributed by atoms with van der Waals surface area (Å²) in [7, 11) is 0. The molecule has 1 saturated carbocycles. The molecule has 1 aromatic carbocycles. The van der Waals surface area contributed by atoms with E-state index in [4.69, 9.17) is 0 Å². The second-order valence-corrected chi connectivity index (χ2v) is 6.24. The van der Waals surface area contributed by atoms with Gasteiger partial charge in [0.1, 0.15) is 0 Å². The Kier molecular flexibility index (Phi) is 5.17. The number of halogens is 2. The molecule has 0 unspecified atom stereocenters. The molecule has 0 N–H and O–H groups in total. The van der Waals surface area contributed by atoms with Gasteiger partial charge in [-0.05, 0) is 36.3 Å². The zero-order valence-electron chi connectivity index (χ0n) is 12.7. The fourth-order valence-electron chi connectivity index (χ4n) is 3.51. The smallest absolute Gasteiger partial charge is 0.206 e. The molecule has 1 aromatic rings. The van der Waals surface area contributed by atoms with Crippen LogP contribution in [-0.2, 0) is 6.42 Å². The Morgan fingerprint density at radius 3 is 2.30 bits per heavy atom. The van der Waals surface area contributed by atoms with E-state index in [1.807, 2.05) is 24.3 Å². The van der Waals surface area contributed by atoms with Gasteiger partial charge in [-0.3, -0.25) is 0 Å². The van der Waals surface area contributed by atoms with Crippen LogP contribution >= 0.6 is 0 Å². The summed E-state index contributed by atoms with van der Waals surface area (Å²) in [6.07, 6.45) is 5.73. The highest BCUT2D eigenvalue weighted by atomic mass is 19.3. The highest BCUT2D eigenvalue weighted by molar-refractivity contribution is 5.27. The van der Waals surface area contributed by atoms with Crippen LogP contribution in [0.2, 0.25) is 0 Å². The Labute approximate surface area is 121 Å². The molecule has 0 radical (unpaired) electrons. The van der Waals surface area contributed by atoms with E-state index in [1.54, 1.807) is 0 Å². The molecule has 0 saturated heterocycles. The Balaban J connectivity index is 2.08. The van der Waals surface area contributed by atoms with E-state index in [1.165, 1.54) is 5.56 Å². The predicted molar refractivity (Wildman–Crippen MR) is 80.4 cm³/mol. The highest BCUT2D eigenvalue weighted by Crippen LogP contribution is 2.47. The second-order valence-electron chi connectivity index (χ2n) is 6.24. The molecule has 2 atom stereocenters. The lowest BCUT2D eigenvalue weighted by Crippen LogP contribution is -2.34. The molecule has 0 bridgehead atoms. The minimum absolute atomic E-state index is 0.0716. The number of benzene rings is 1. The average molecular weight is 280 g/mol. The van der Waals surface area contributed by atoms with Crippen LogP contribution in [0.5, 0.6) is 0 Å². The predicted octanol–water partition coefficient (Wildman–Crippen LogP) is 5.96. The Morgan fingerprint density at radius 1 is 1.05 bits per heavy atom. The molecule has 112 valence electrons. The summed E-state index contributed by atoms with van der Waals surface area (Å²) in [6.45, 7) is 4.22. The first-order valence-corrected chi connectivity index (χ1v) is 8.03. The number of alkyl halides is 2. The van der Waals surface area contributed by atoms with Crippen LogP contribution < -0.4 is 0 Å². The summed E-state index contributed by atoms with van der Waals surface area (Å²) in [5.74, 6) is -2.90. The Hall–Kier alpha value is -0.920. The second kappa shape index (κ2) is 6.69. The lowest BCUT2D eigenvalue weighted by atomic mass is 9.74. The summed E-state index contributed by atoms with van der Waals surface area (Å²) in [6, 6.07) is 7.88. The number of hydrogen-bond acceptors (Lipinski definition) is 0. The van der Waals surface area contributed by atoms with Crippen molar-refractivity contribution in [3.05, 3.63) is 35.4 Å². The fraction of sp³-hybridized carbons (Fsp3) is 0.667. The minimum atomic E-state index is -2.54. The Morgan fingerprint density at radius 2 is 1.75 bits per heavy atom. The lowest BCUT2D eigenvalue weighted by Gasteiger charge is -2.36. The van der Waals surface area contributed by atoms with Gasteiger partial charge >= 0.3 is 0 Å². The molecule has 0 spiro atoms. The molecule has 1 fully saturated rings. The molecule has 0 nitrogen and oxygen atoms in total. The van der Waals surface area contributed by atoms with Gasteiger partial charge in [0.25, 0.3) is 5.92 Å². The number of hydrogen-bond donors (Lipinski definition) is 0. The Bertz CT molecular complexity index is 408. The molecular formula is C18H26F2. The van der Waals surface area contributed by atoms with Crippen LogP contribution in [0, 0.1) is 5.92 Å². The van der Waals surface area contributed by atoms with E-state index in [-0.39, 0.29) is 12.3 Å². The van der Waals surface area contributed by atoms with Crippen LogP contribution in [0.1, 0.15) is 69.4 Å². The summed E-state index contributed by atoms with van der Waals surface area (Å²) < 4.78 is 28.8. The van der Waals surface area contributed by atoms with Crippen molar-refractivity contribution in [1.82, 2.24) is 0 Å². The van der Waals surface area contributed by atoms with Gasteiger partial charge in [-0.2, -0.15) is 0 Å². The molecule has 2 heteroatoms. The maximum Gasteiger partial charge on any atom is 0.255 e. The first-order valence-electron chi connectivity index (χ1n) is 8.03. The summed E-state index contributed by atoms with van der Waals surface area (Å²) >= 11 is 0. The van der Waals surface area contributed by atoms with Crippen molar-refractivity contribution in [3.8, 4) is 0 Å². The minimum Gasteiger partial charge on any atom is -0.206 e. The molecule has 1 aliphatic rings. The molecule has 0 heterocycles. The summed E-state index contributed by atoms with van der Waals surface area (Å²) in [5, 5.41) is 0. The SMILES string of the molecule is CCCc1ccc([C@@H]2CC[C@@H](CCC)CC2(F)F)cc1. The summed E-state index contributed by atoms with van der Waals surface area (Å²) in [4.78, 5) is 0. The van der Waals surface area contributed by atoms with E-state index in [0.717, 1.165) is 37.7 Å². The van der Waals surface area contributed by atoms with Gasteiger partial charge in [-0.1, -0.05) is 57.4 Å². The van der Waals surface area contributed by atoms with Crippen molar-refractivity contribution >= 4 is 0 Å². The van der Waals surface area contributed by atoms with Crippen LogP contribution in [0.15, 0.2) is 24.3 Å². The molecule has 20 heavy (non-hydrogen) atoms. The monoisotopic (exact) mass is 280 g/mol. The number of rotatable bonds is 5. The third-order valence-electron chi connectivity index (χ3n) is 4.55. The van der Waals surface area contributed by atoms with Gasteiger partial charge in [0, 0.05) is 12.3 Å². The molecule has 0 aromatic heterocycles. The van der Waals surface area contributed by atoms with Crippen LogP contribution in [0.25, 0.3) is 0 Å². The highest BCUT2D eigenvalue weighted by Gasteiger charge is 2.45. The van der Waals surface area contributed by atoms with E-state index >= 15 is 0 Å². The van der Waals surface area contributed by atoms with Gasteiger partial charge in [0.15, 0.2) is 0 Å². The molecular weight excluding hydrogens is 254 g/mol. The van der Waals surface area contributed by atoms with E-state index in [2.05, 4.69) is 13.8 Å². The van der Waals surface area contributed by atoms with E-state index in [0.29, 0.717) is 6.42 Å². The first-order chi connectivity index (χ1) is 9.56. The van der Waals surface area contributed by atoms with Gasteiger partial charge < -0.3 is 0 Å². The largest absolute Gasteiger partial charge is 0.255 e. The molecule has 2 rings (SSSR count). The fourth-order valence-corrected chi connectivity index (χ4v) is 3.51. The maximum absolute atomic E-state index is 14.4. The van der Waals surface area contributed by atoms with Crippen molar-refractivity contribution in [3.63, 3.8) is 0 Å². The molecule has 0 aliphatic heterocycles. The van der Waals surface area contributed by atoms with Crippen LogP contribution in [-0.4, -0.2) is 5.92 Å². The van der Waals surface area contributed by atoms with Crippen molar-refractivity contribution in [2.45, 2.75) is 70.6 Å². The third-order valence-corrected chi connectivity index (χ3v) is 4.55. The first kappa shape index (κ1) is 15.5. The van der Waals surface area contributed by atoms with Crippen molar-refractivity contribution in [2.24, 2.45) is 5.92 Å². The van der Waals surface area contributed by atoms with Crippen LogP contribution in [0.4, 0.5) is 8.78 Å². The van der Waals surface area contributed by atoms with Crippen molar-refractivity contribution < 1.29 is 8.78 Å². The topological polar surface area (TPSA) is 0 Å². The third kappa shape index (κ3) is 3.59. The number of aryl methyl sites for hydroxylation is 1. The zero-order valence-corrected chi connectivity index (χ0v) is 12.7. The van der Waals surface area contributed by atoms with Gasteiger partial charge in [-0.25, -0.2) is 8.78 Å². The average Bonchev–Trinajstić information content (AvgIpc) is 2.40. The van der Waals surface area contributed by atoms with Gasteiger partial charge in [0.2, 0.25) is 0 Å². The van der Waals surface area contributed by atoms with Gasteiger partial charge in [-0.15, -0.1) is 0 Å². The van der Waals surface area contributed by atoms with Crippen molar-refractivity contribution in [1.29, 1.82) is 0 Å². The summed E-state index contributed by atoms with van der Waals surface area (Å²) in [5.41, 5.74) is 2.07.